The van der Waals surface area contributed by atoms with Gasteiger partial charge in [-0.15, -0.1) is 0 Å². The highest BCUT2D eigenvalue weighted by atomic mass is 16.5. The van der Waals surface area contributed by atoms with Crippen molar-refractivity contribution in [3.8, 4) is 0 Å². The SMILES string of the molecule is COC(=O)CC1(OC)C(C)(C)C1(C)C. The van der Waals surface area contributed by atoms with Gasteiger partial charge in [-0.3, -0.25) is 4.79 Å². The maximum atomic E-state index is 11.3. The Hall–Kier alpha value is -0.570. The molecular weight excluding hydrogens is 180 g/mol. The third-order valence-electron chi connectivity index (χ3n) is 4.49. The summed E-state index contributed by atoms with van der Waals surface area (Å²) in [6, 6.07) is 0. The molecular formula is C11H20O3. The van der Waals surface area contributed by atoms with Gasteiger partial charge in [0.15, 0.2) is 0 Å². The molecule has 1 rings (SSSR count). The quantitative estimate of drug-likeness (QED) is 0.654. The fourth-order valence-corrected chi connectivity index (χ4v) is 2.68. The van der Waals surface area contributed by atoms with Gasteiger partial charge in [-0.2, -0.15) is 0 Å². The molecule has 1 fully saturated rings. The lowest BCUT2D eigenvalue weighted by molar-refractivity contribution is -0.145. The molecule has 0 aliphatic heterocycles. The number of carbonyl (C=O) groups is 1. The lowest BCUT2D eigenvalue weighted by Crippen LogP contribution is -2.26. The highest BCUT2D eigenvalue weighted by Gasteiger charge is 2.78. The normalized spacial score (nSPS) is 25.6. The predicted molar refractivity (Wildman–Crippen MR) is 53.9 cm³/mol. The summed E-state index contributed by atoms with van der Waals surface area (Å²) in [5.41, 5.74) is -0.334. The number of methoxy groups -OCH3 is 2. The van der Waals surface area contributed by atoms with E-state index in [1.54, 1.807) is 7.11 Å². The summed E-state index contributed by atoms with van der Waals surface area (Å²) in [6.45, 7) is 8.50. The van der Waals surface area contributed by atoms with Gasteiger partial charge in [-0.25, -0.2) is 0 Å². The van der Waals surface area contributed by atoms with Crippen LogP contribution in [0.5, 0.6) is 0 Å². The van der Waals surface area contributed by atoms with Crippen molar-refractivity contribution in [1.82, 2.24) is 0 Å². The first kappa shape index (κ1) is 11.5. The lowest BCUT2D eigenvalue weighted by Gasteiger charge is -2.18. The van der Waals surface area contributed by atoms with Gasteiger partial charge in [0.1, 0.15) is 0 Å². The van der Waals surface area contributed by atoms with Crippen LogP contribution in [0.3, 0.4) is 0 Å². The molecule has 0 bridgehead atoms. The average Bonchev–Trinajstić information content (AvgIpc) is 2.43. The number of hydrogen-bond donors (Lipinski definition) is 0. The average molecular weight is 200 g/mol. The molecule has 0 saturated heterocycles. The maximum Gasteiger partial charge on any atom is 0.308 e. The number of carbonyl (C=O) groups excluding carboxylic acids is 1. The van der Waals surface area contributed by atoms with Gasteiger partial charge in [0.25, 0.3) is 0 Å². The monoisotopic (exact) mass is 200 g/mol. The van der Waals surface area contributed by atoms with Crippen molar-refractivity contribution in [1.29, 1.82) is 0 Å². The number of ether oxygens (including phenoxy) is 2. The van der Waals surface area contributed by atoms with Gasteiger partial charge < -0.3 is 9.47 Å². The number of rotatable bonds is 3. The summed E-state index contributed by atoms with van der Waals surface area (Å²) < 4.78 is 10.2. The Balaban J connectivity index is 2.88. The van der Waals surface area contributed by atoms with Crippen LogP contribution < -0.4 is 0 Å². The fourth-order valence-electron chi connectivity index (χ4n) is 2.68. The van der Waals surface area contributed by atoms with Crippen LogP contribution >= 0.6 is 0 Å². The molecule has 14 heavy (non-hydrogen) atoms. The van der Waals surface area contributed by atoms with E-state index in [2.05, 4.69) is 27.7 Å². The summed E-state index contributed by atoms with van der Waals surface area (Å²) in [7, 11) is 3.08. The van der Waals surface area contributed by atoms with E-state index in [9.17, 15) is 4.79 Å². The van der Waals surface area contributed by atoms with Crippen molar-refractivity contribution < 1.29 is 14.3 Å². The van der Waals surface area contributed by atoms with Crippen LogP contribution in [0, 0.1) is 10.8 Å². The van der Waals surface area contributed by atoms with Crippen LogP contribution in [0.15, 0.2) is 0 Å². The summed E-state index contributed by atoms with van der Waals surface area (Å²) in [5.74, 6) is -0.203. The Morgan fingerprint density at radius 3 is 1.71 bits per heavy atom. The summed E-state index contributed by atoms with van der Waals surface area (Å²) in [5, 5.41) is 0. The van der Waals surface area contributed by atoms with Crippen LogP contribution in [-0.2, 0) is 14.3 Å². The summed E-state index contributed by atoms with van der Waals surface area (Å²) in [4.78, 5) is 11.3. The molecule has 0 heterocycles. The minimum absolute atomic E-state index is 0.0168. The second-order valence-electron chi connectivity index (χ2n) is 5.03. The van der Waals surface area contributed by atoms with Gasteiger partial charge >= 0.3 is 5.97 Å². The van der Waals surface area contributed by atoms with E-state index in [4.69, 9.17) is 9.47 Å². The topological polar surface area (TPSA) is 35.5 Å². The van der Waals surface area contributed by atoms with Crippen molar-refractivity contribution in [2.45, 2.75) is 39.7 Å². The molecule has 0 N–H and O–H groups in total. The fraction of sp³-hybridized carbons (Fsp3) is 0.909. The third-order valence-corrected chi connectivity index (χ3v) is 4.49. The smallest absolute Gasteiger partial charge is 0.308 e. The van der Waals surface area contributed by atoms with E-state index < -0.39 is 0 Å². The van der Waals surface area contributed by atoms with Gasteiger partial charge in [0.2, 0.25) is 0 Å². The summed E-state index contributed by atoms with van der Waals surface area (Å²) in [6.07, 6.45) is 0.333. The standard InChI is InChI=1S/C11H20O3/c1-9(2)10(3,4)11(9,14-6)7-8(12)13-5/h7H2,1-6H3. The molecule has 0 unspecified atom stereocenters. The molecule has 0 radical (unpaired) electrons. The molecule has 1 aliphatic carbocycles. The third kappa shape index (κ3) is 1.05. The van der Waals surface area contributed by atoms with Crippen molar-refractivity contribution in [2.75, 3.05) is 14.2 Å². The predicted octanol–water partition coefficient (Wildman–Crippen LogP) is 2.00. The Labute approximate surface area is 85.8 Å². The second-order valence-corrected chi connectivity index (χ2v) is 5.03. The van der Waals surface area contributed by atoms with Crippen molar-refractivity contribution in [3.63, 3.8) is 0 Å². The Kier molecular flexibility index (Phi) is 2.43. The molecule has 3 heteroatoms. The Morgan fingerprint density at radius 2 is 1.50 bits per heavy atom. The first-order valence-corrected chi connectivity index (χ1v) is 4.89. The first-order valence-electron chi connectivity index (χ1n) is 4.89. The van der Waals surface area contributed by atoms with Crippen LogP contribution in [-0.4, -0.2) is 25.8 Å². The van der Waals surface area contributed by atoms with Gasteiger partial charge in [0.05, 0.1) is 19.1 Å². The zero-order chi connectivity index (χ0) is 11.2. The maximum absolute atomic E-state index is 11.3. The van der Waals surface area contributed by atoms with Crippen molar-refractivity contribution in [3.05, 3.63) is 0 Å². The zero-order valence-corrected chi connectivity index (χ0v) is 9.93. The molecule has 1 aliphatic rings. The molecule has 0 aromatic carbocycles. The van der Waals surface area contributed by atoms with Crippen LogP contribution in [0.4, 0.5) is 0 Å². The molecule has 3 nitrogen and oxygen atoms in total. The highest BCUT2D eigenvalue weighted by molar-refractivity contribution is 5.72. The van der Waals surface area contributed by atoms with Crippen LogP contribution in [0.25, 0.3) is 0 Å². The molecule has 82 valence electrons. The largest absolute Gasteiger partial charge is 0.469 e. The molecule has 0 atom stereocenters. The first-order chi connectivity index (χ1) is 6.27. The van der Waals surface area contributed by atoms with E-state index in [0.717, 1.165) is 0 Å². The van der Waals surface area contributed by atoms with E-state index in [1.165, 1.54) is 7.11 Å². The minimum atomic E-state index is -0.368. The lowest BCUT2D eigenvalue weighted by atomic mass is 10.0. The van der Waals surface area contributed by atoms with Crippen LogP contribution in [0.1, 0.15) is 34.1 Å². The van der Waals surface area contributed by atoms with Crippen molar-refractivity contribution >= 4 is 5.97 Å². The van der Waals surface area contributed by atoms with Crippen LogP contribution in [0.2, 0.25) is 0 Å². The Morgan fingerprint density at radius 1 is 1.07 bits per heavy atom. The van der Waals surface area contributed by atoms with Gasteiger partial charge in [0, 0.05) is 17.9 Å². The second kappa shape index (κ2) is 2.96. The number of esters is 1. The highest BCUT2D eigenvalue weighted by Crippen LogP contribution is 2.74. The molecule has 1 saturated carbocycles. The summed E-state index contributed by atoms with van der Waals surface area (Å²) >= 11 is 0. The zero-order valence-electron chi connectivity index (χ0n) is 9.93. The van der Waals surface area contributed by atoms with Gasteiger partial charge in [-0.05, 0) is 0 Å². The minimum Gasteiger partial charge on any atom is -0.469 e. The van der Waals surface area contributed by atoms with E-state index >= 15 is 0 Å². The molecule has 0 amide bonds. The van der Waals surface area contributed by atoms with Gasteiger partial charge in [-0.1, -0.05) is 27.7 Å². The number of hydrogen-bond acceptors (Lipinski definition) is 3. The van der Waals surface area contributed by atoms with E-state index in [0.29, 0.717) is 6.42 Å². The van der Waals surface area contributed by atoms with E-state index in [1.807, 2.05) is 0 Å². The molecule has 0 spiro atoms. The van der Waals surface area contributed by atoms with Crippen molar-refractivity contribution in [2.24, 2.45) is 10.8 Å². The molecule has 0 aromatic heterocycles. The molecule has 0 aromatic rings. The van der Waals surface area contributed by atoms with E-state index in [-0.39, 0.29) is 22.4 Å². The Bertz CT molecular complexity index is 239.